The molecule has 2 aromatic rings. The molecule has 1 amide bonds. The van der Waals surface area contributed by atoms with Crippen LogP contribution in [-0.2, 0) is 4.79 Å². The molecule has 4 rings (SSSR count). The molecule has 1 saturated carbocycles. The second-order valence-corrected chi connectivity index (χ2v) is 6.66. The van der Waals surface area contributed by atoms with Gasteiger partial charge in [-0.1, -0.05) is 11.6 Å². The quantitative estimate of drug-likeness (QED) is 0.935. The van der Waals surface area contributed by atoms with E-state index in [2.05, 4.69) is 20.5 Å². The summed E-state index contributed by atoms with van der Waals surface area (Å²) in [6.07, 6.45) is 7.55. The van der Waals surface area contributed by atoms with Crippen LogP contribution in [0.5, 0.6) is 0 Å². The average Bonchev–Trinajstić information content (AvgIpc) is 3.42. The summed E-state index contributed by atoms with van der Waals surface area (Å²) in [5, 5.41) is 13.7. The Morgan fingerprint density at radius 2 is 2.13 bits per heavy atom. The topological polar surface area (TPSA) is 71.0 Å². The lowest BCUT2D eigenvalue weighted by atomic mass is 10.0. The van der Waals surface area contributed by atoms with E-state index in [1.54, 1.807) is 12.4 Å². The summed E-state index contributed by atoms with van der Waals surface area (Å²) in [6.45, 7) is 1.59. The minimum Gasteiger partial charge on any atom is -0.364 e. The Balaban J connectivity index is 1.53. The first kappa shape index (κ1) is 14.6. The molecule has 0 radical (unpaired) electrons. The number of hydrogen-bond acceptors (Lipinski definition) is 5. The normalized spacial score (nSPS) is 21.4. The van der Waals surface area contributed by atoms with Crippen LogP contribution in [0.3, 0.4) is 0 Å². The molecule has 1 saturated heterocycles. The van der Waals surface area contributed by atoms with Gasteiger partial charge in [-0.25, -0.2) is 0 Å². The molecule has 0 bridgehead atoms. The van der Waals surface area contributed by atoms with Crippen LogP contribution in [0.1, 0.15) is 25.7 Å². The Labute approximate surface area is 139 Å². The fraction of sp³-hybridized carbons (Fsp3) is 0.500. The van der Waals surface area contributed by atoms with Crippen molar-refractivity contribution in [1.82, 2.24) is 20.1 Å². The maximum atomic E-state index is 12.3. The molecule has 0 unspecified atom stereocenters. The Kier molecular flexibility index (Phi) is 3.77. The number of halogens is 1. The van der Waals surface area contributed by atoms with E-state index in [1.807, 2.05) is 11.0 Å². The van der Waals surface area contributed by atoms with Gasteiger partial charge in [0.2, 0.25) is 5.91 Å². The van der Waals surface area contributed by atoms with Gasteiger partial charge < -0.3 is 10.2 Å². The zero-order chi connectivity index (χ0) is 15.8. The predicted molar refractivity (Wildman–Crippen MR) is 88.3 cm³/mol. The second kappa shape index (κ2) is 5.92. The number of amides is 1. The van der Waals surface area contributed by atoms with Gasteiger partial charge in [0.25, 0.3) is 0 Å². The van der Waals surface area contributed by atoms with Gasteiger partial charge in [-0.3, -0.25) is 9.78 Å². The maximum Gasteiger partial charge on any atom is 0.225 e. The number of carbonyl (C=O) groups is 1. The number of pyridine rings is 1. The molecule has 1 atom stereocenters. The van der Waals surface area contributed by atoms with Crippen molar-refractivity contribution in [3.8, 4) is 0 Å². The van der Waals surface area contributed by atoms with Crippen molar-refractivity contribution in [3.63, 3.8) is 0 Å². The van der Waals surface area contributed by atoms with Crippen LogP contribution in [0.15, 0.2) is 18.5 Å². The van der Waals surface area contributed by atoms with E-state index in [-0.39, 0.29) is 12.0 Å². The van der Waals surface area contributed by atoms with Gasteiger partial charge in [0.15, 0.2) is 11.0 Å². The Morgan fingerprint density at radius 1 is 1.26 bits per heavy atom. The highest BCUT2D eigenvalue weighted by Crippen LogP contribution is 2.32. The first-order valence-electron chi connectivity index (χ1n) is 8.03. The van der Waals surface area contributed by atoms with E-state index in [0.29, 0.717) is 16.9 Å². The van der Waals surface area contributed by atoms with E-state index in [4.69, 9.17) is 11.6 Å². The van der Waals surface area contributed by atoms with Crippen LogP contribution < -0.4 is 5.32 Å². The molecule has 1 aliphatic carbocycles. The molecule has 1 aliphatic heterocycles. The number of fused-ring (bicyclic) bond motifs is 1. The third kappa shape index (κ3) is 2.95. The van der Waals surface area contributed by atoms with Crippen molar-refractivity contribution in [3.05, 3.63) is 23.6 Å². The van der Waals surface area contributed by atoms with Crippen molar-refractivity contribution in [2.24, 2.45) is 5.92 Å². The molecule has 2 aromatic heterocycles. The molecular weight excluding hydrogens is 314 g/mol. The largest absolute Gasteiger partial charge is 0.364 e. The van der Waals surface area contributed by atoms with Gasteiger partial charge >= 0.3 is 0 Å². The third-order valence-corrected chi connectivity index (χ3v) is 4.82. The standard InChI is InChI=1S/C16H18ClN5O/c17-14-12-5-6-18-8-13(12)15(21-20-14)19-11-2-1-7-22(9-11)16(23)10-3-4-10/h5-6,8,10-11H,1-4,7,9H2,(H,19,21)/t11-/m1/s1. The fourth-order valence-electron chi connectivity index (χ4n) is 3.15. The lowest BCUT2D eigenvalue weighted by Gasteiger charge is -2.33. The van der Waals surface area contributed by atoms with Gasteiger partial charge in [0.05, 0.1) is 0 Å². The number of anilines is 1. The highest BCUT2D eigenvalue weighted by atomic mass is 35.5. The van der Waals surface area contributed by atoms with E-state index in [0.717, 1.165) is 49.5 Å². The predicted octanol–water partition coefficient (Wildman–Crippen LogP) is 2.49. The first-order valence-corrected chi connectivity index (χ1v) is 8.41. The molecular formula is C16H18ClN5O. The molecule has 0 aromatic carbocycles. The molecule has 2 fully saturated rings. The van der Waals surface area contributed by atoms with Gasteiger partial charge in [0.1, 0.15) is 0 Å². The molecule has 3 heterocycles. The summed E-state index contributed by atoms with van der Waals surface area (Å²) < 4.78 is 0. The van der Waals surface area contributed by atoms with Crippen LogP contribution >= 0.6 is 11.6 Å². The summed E-state index contributed by atoms with van der Waals surface area (Å²) in [6, 6.07) is 2.02. The van der Waals surface area contributed by atoms with Crippen LogP contribution in [0.2, 0.25) is 5.15 Å². The van der Waals surface area contributed by atoms with Crippen LogP contribution in [0, 0.1) is 5.92 Å². The maximum absolute atomic E-state index is 12.3. The van der Waals surface area contributed by atoms with Gasteiger partial charge in [-0.2, -0.15) is 0 Å². The van der Waals surface area contributed by atoms with Crippen molar-refractivity contribution >= 4 is 34.1 Å². The molecule has 23 heavy (non-hydrogen) atoms. The van der Waals surface area contributed by atoms with E-state index >= 15 is 0 Å². The van der Waals surface area contributed by atoms with Crippen LogP contribution in [0.4, 0.5) is 5.82 Å². The number of piperidine rings is 1. The summed E-state index contributed by atoms with van der Waals surface area (Å²) in [5.74, 6) is 1.27. The smallest absolute Gasteiger partial charge is 0.225 e. The van der Waals surface area contributed by atoms with Crippen molar-refractivity contribution in [1.29, 1.82) is 0 Å². The van der Waals surface area contributed by atoms with Crippen molar-refractivity contribution in [2.75, 3.05) is 18.4 Å². The first-order chi connectivity index (χ1) is 11.2. The van der Waals surface area contributed by atoms with Gasteiger partial charge in [0, 0.05) is 48.2 Å². The monoisotopic (exact) mass is 331 g/mol. The van der Waals surface area contributed by atoms with E-state index in [9.17, 15) is 4.79 Å². The number of nitrogens with one attached hydrogen (secondary N) is 1. The number of rotatable bonds is 3. The lowest BCUT2D eigenvalue weighted by Crippen LogP contribution is -2.45. The number of hydrogen-bond donors (Lipinski definition) is 1. The molecule has 7 heteroatoms. The second-order valence-electron chi connectivity index (χ2n) is 6.30. The summed E-state index contributed by atoms with van der Waals surface area (Å²) in [4.78, 5) is 18.4. The lowest BCUT2D eigenvalue weighted by molar-refractivity contribution is -0.133. The van der Waals surface area contributed by atoms with E-state index < -0.39 is 0 Å². The minimum atomic E-state index is 0.185. The van der Waals surface area contributed by atoms with Gasteiger partial charge in [-0.15, -0.1) is 10.2 Å². The number of carbonyl (C=O) groups excluding carboxylic acids is 1. The third-order valence-electron chi connectivity index (χ3n) is 4.54. The summed E-state index contributed by atoms with van der Waals surface area (Å²) in [7, 11) is 0. The number of aromatic nitrogens is 3. The summed E-state index contributed by atoms with van der Waals surface area (Å²) >= 11 is 6.10. The fourth-order valence-corrected chi connectivity index (χ4v) is 3.35. The van der Waals surface area contributed by atoms with Crippen molar-refractivity contribution in [2.45, 2.75) is 31.7 Å². The Bertz CT molecular complexity index is 748. The van der Waals surface area contributed by atoms with Crippen LogP contribution in [0.25, 0.3) is 10.8 Å². The van der Waals surface area contributed by atoms with E-state index in [1.165, 1.54) is 0 Å². The molecule has 120 valence electrons. The molecule has 2 aliphatic rings. The Morgan fingerprint density at radius 3 is 2.96 bits per heavy atom. The van der Waals surface area contributed by atoms with Gasteiger partial charge in [-0.05, 0) is 31.7 Å². The van der Waals surface area contributed by atoms with Crippen LogP contribution in [-0.4, -0.2) is 45.1 Å². The Hall–Kier alpha value is -1.95. The SMILES string of the molecule is O=C(C1CC1)N1CCC[C@@H](Nc2nnc(Cl)c3ccncc23)C1. The number of nitrogens with zero attached hydrogens (tertiary/aromatic N) is 4. The molecule has 6 nitrogen and oxygen atoms in total. The highest BCUT2D eigenvalue weighted by molar-refractivity contribution is 6.34. The average molecular weight is 332 g/mol. The zero-order valence-corrected chi connectivity index (χ0v) is 13.5. The highest BCUT2D eigenvalue weighted by Gasteiger charge is 2.35. The minimum absolute atomic E-state index is 0.185. The number of likely N-dealkylation sites (tertiary alicyclic amines) is 1. The van der Waals surface area contributed by atoms with Crippen molar-refractivity contribution < 1.29 is 4.79 Å². The molecule has 1 N–H and O–H groups in total. The molecule has 0 spiro atoms. The zero-order valence-electron chi connectivity index (χ0n) is 12.7. The summed E-state index contributed by atoms with van der Waals surface area (Å²) in [5.41, 5.74) is 0.